The van der Waals surface area contributed by atoms with Crippen molar-refractivity contribution in [3.05, 3.63) is 47.0 Å². The number of aromatic hydroxyl groups is 2. The van der Waals surface area contributed by atoms with E-state index in [1.54, 1.807) is 6.07 Å². The van der Waals surface area contributed by atoms with Crippen molar-refractivity contribution < 1.29 is 28.2 Å². The number of nitrogens with two attached hydrogens (primary N) is 1. The van der Waals surface area contributed by atoms with E-state index in [1.165, 1.54) is 43.5 Å². The van der Waals surface area contributed by atoms with Gasteiger partial charge in [0.05, 0.1) is 10.5 Å². The Hall–Kier alpha value is -2.58. The molecule has 3 aliphatic carbocycles. The Bertz CT molecular complexity index is 1220. The molecule has 176 valence electrons. The number of hydrogen-bond acceptors (Lipinski definition) is 6. The SMILES string of the molecule is C[C@@]12CCCC1C1CCc3cc(OC(=O)c4ccc(S(N)(=O)=O)cc4)c(O)c(O)c3C1CC2. The molecular weight excluding hydrogens is 442 g/mol. The normalized spacial score (nSPS) is 28.5. The van der Waals surface area contributed by atoms with Gasteiger partial charge in [0.1, 0.15) is 0 Å². The van der Waals surface area contributed by atoms with Crippen LogP contribution in [-0.2, 0) is 16.4 Å². The third kappa shape index (κ3) is 3.69. The smallest absolute Gasteiger partial charge is 0.343 e. The molecule has 0 radical (unpaired) electrons. The summed E-state index contributed by atoms with van der Waals surface area (Å²) >= 11 is 0. The summed E-state index contributed by atoms with van der Waals surface area (Å²) in [4.78, 5) is 12.5. The van der Waals surface area contributed by atoms with Crippen LogP contribution in [0.3, 0.4) is 0 Å². The predicted molar refractivity (Wildman–Crippen MR) is 122 cm³/mol. The Morgan fingerprint density at radius 1 is 1.09 bits per heavy atom. The number of fused-ring (bicyclic) bond motifs is 5. The second kappa shape index (κ2) is 7.74. The summed E-state index contributed by atoms with van der Waals surface area (Å²) in [7, 11) is -3.87. The van der Waals surface area contributed by atoms with Gasteiger partial charge < -0.3 is 14.9 Å². The molecule has 0 amide bonds. The number of phenolic OH excluding ortho intramolecular Hbond substituents is 2. The van der Waals surface area contributed by atoms with E-state index in [2.05, 4.69) is 6.92 Å². The molecule has 0 saturated heterocycles. The molecular formula is C25H29NO6S. The molecule has 0 aliphatic heterocycles. The summed E-state index contributed by atoms with van der Waals surface area (Å²) in [6.45, 7) is 2.41. The van der Waals surface area contributed by atoms with E-state index < -0.39 is 21.7 Å². The van der Waals surface area contributed by atoms with Crippen LogP contribution in [-0.4, -0.2) is 24.6 Å². The lowest BCUT2D eigenvalue weighted by Crippen LogP contribution is -2.39. The third-order valence-electron chi connectivity index (χ3n) is 8.32. The van der Waals surface area contributed by atoms with Crippen molar-refractivity contribution in [1.29, 1.82) is 0 Å². The number of phenols is 2. The number of rotatable bonds is 3. The zero-order chi connectivity index (χ0) is 23.5. The van der Waals surface area contributed by atoms with Crippen LogP contribution in [0.1, 0.15) is 72.9 Å². The van der Waals surface area contributed by atoms with Crippen LogP contribution in [0, 0.1) is 17.3 Å². The maximum Gasteiger partial charge on any atom is 0.343 e. The highest BCUT2D eigenvalue weighted by atomic mass is 32.2. The Morgan fingerprint density at radius 3 is 2.52 bits per heavy atom. The zero-order valence-electron chi connectivity index (χ0n) is 18.6. The van der Waals surface area contributed by atoms with Crippen LogP contribution in [0.2, 0.25) is 0 Å². The van der Waals surface area contributed by atoms with Gasteiger partial charge in [0.15, 0.2) is 11.5 Å². The van der Waals surface area contributed by atoms with Gasteiger partial charge in [-0.3, -0.25) is 0 Å². The zero-order valence-corrected chi connectivity index (χ0v) is 19.4. The monoisotopic (exact) mass is 471 g/mol. The van der Waals surface area contributed by atoms with Crippen LogP contribution in [0.25, 0.3) is 0 Å². The molecule has 3 unspecified atom stereocenters. The molecule has 4 N–H and O–H groups in total. The number of hydrogen-bond donors (Lipinski definition) is 3. The van der Waals surface area contributed by atoms with E-state index in [9.17, 15) is 23.4 Å². The molecule has 7 nitrogen and oxygen atoms in total. The molecule has 0 heterocycles. The van der Waals surface area contributed by atoms with Crippen molar-refractivity contribution in [3.63, 3.8) is 0 Å². The molecule has 2 aromatic rings. The molecule has 2 fully saturated rings. The first kappa shape index (κ1) is 22.2. The van der Waals surface area contributed by atoms with Crippen LogP contribution in [0.5, 0.6) is 17.2 Å². The first-order valence-corrected chi connectivity index (χ1v) is 13.1. The van der Waals surface area contributed by atoms with Crippen molar-refractivity contribution in [3.8, 4) is 17.2 Å². The van der Waals surface area contributed by atoms with Gasteiger partial charge in [-0.25, -0.2) is 18.4 Å². The minimum absolute atomic E-state index is 0.0910. The van der Waals surface area contributed by atoms with Crippen LogP contribution in [0.4, 0.5) is 0 Å². The maximum atomic E-state index is 12.6. The van der Waals surface area contributed by atoms with Crippen molar-refractivity contribution in [1.82, 2.24) is 0 Å². The number of ether oxygens (including phenoxy) is 1. The summed E-state index contributed by atoms with van der Waals surface area (Å²) in [6, 6.07) is 6.69. The number of benzene rings is 2. The maximum absolute atomic E-state index is 12.6. The molecule has 4 atom stereocenters. The number of carbonyl (C=O) groups excluding carboxylic acids is 1. The minimum Gasteiger partial charge on any atom is -0.504 e. The fourth-order valence-electron chi connectivity index (χ4n) is 6.70. The fraction of sp³-hybridized carbons (Fsp3) is 0.480. The molecule has 3 aliphatic rings. The Morgan fingerprint density at radius 2 is 1.82 bits per heavy atom. The van der Waals surface area contributed by atoms with Crippen LogP contribution in [0.15, 0.2) is 35.2 Å². The van der Waals surface area contributed by atoms with Gasteiger partial charge in [-0.2, -0.15) is 0 Å². The third-order valence-corrected chi connectivity index (χ3v) is 9.25. The first-order valence-electron chi connectivity index (χ1n) is 11.5. The van der Waals surface area contributed by atoms with Gasteiger partial charge in [-0.05, 0) is 97.6 Å². The molecule has 33 heavy (non-hydrogen) atoms. The molecule has 2 aromatic carbocycles. The van der Waals surface area contributed by atoms with Gasteiger partial charge in [-0.15, -0.1) is 0 Å². The van der Waals surface area contributed by atoms with E-state index in [0.717, 1.165) is 36.8 Å². The van der Waals surface area contributed by atoms with Crippen LogP contribution < -0.4 is 9.88 Å². The quantitative estimate of drug-likeness (QED) is 0.350. The Balaban J connectivity index is 1.42. The van der Waals surface area contributed by atoms with E-state index in [1.807, 2.05) is 0 Å². The van der Waals surface area contributed by atoms with Gasteiger partial charge in [0.2, 0.25) is 15.8 Å². The highest BCUT2D eigenvalue weighted by molar-refractivity contribution is 7.89. The topological polar surface area (TPSA) is 127 Å². The highest BCUT2D eigenvalue weighted by Crippen LogP contribution is 2.62. The Labute approximate surface area is 193 Å². The number of carbonyl (C=O) groups is 1. The predicted octanol–water partition coefficient (Wildman–Crippen LogP) is 4.21. The second-order valence-corrected chi connectivity index (χ2v) is 11.7. The van der Waals surface area contributed by atoms with Crippen LogP contribution >= 0.6 is 0 Å². The fourth-order valence-corrected chi connectivity index (χ4v) is 7.22. The summed E-state index contributed by atoms with van der Waals surface area (Å²) in [5, 5.41) is 26.7. The van der Waals surface area contributed by atoms with Crippen molar-refractivity contribution >= 4 is 16.0 Å². The van der Waals surface area contributed by atoms with E-state index in [-0.39, 0.29) is 27.9 Å². The largest absolute Gasteiger partial charge is 0.504 e. The molecule has 2 saturated carbocycles. The summed E-state index contributed by atoms with van der Waals surface area (Å²) in [6.07, 6.45) is 7.70. The van der Waals surface area contributed by atoms with Gasteiger partial charge in [0, 0.05) is 5.56 Å². The lowest BCUT2D eigenvalue weighted by Gasteiger charge is -2.49. The average Bonchev–Trinajstić information content (AvgIpc) is 3.18. The van der Waals surface area contributed by atoms with E-state index >= 15 is 0 Å². The lowest BCUT2D eigenvalue weighted by atomic mass is 9.55. The highest BCUT2D eigenvalue weighted by Gasteiger charge is 2.51. The number of aryl methyl sites for hydroxylation is 1. The van der Waals surface area contributed by atoms with E-state index in [4.69, 9.17) is 9.88 Å². The van der Waals surface area contributed by atoms with E-state index in [0.29, 0.717) is 17.3 Å². The van der Waals surface area contributed by atoms with Crippen molar-refractivity contribution in [2.75, 3.05) is 0 Å². The lowest BCUT2D eigenvalue weighted by molar-refractivity contribution is 0.0585. The van der Waals surface area contributed by atoms with Gasteiger partial charge in [-0.1, -0.05) is 13.3 Å². The number of esters is 1. The summed E-state index contributed by atoms with van der Waals surface area (Å²) < 4.78 is 28.2. The molecule has 0 bridgehead atoms. The molecule has 8 heteroatoms. The number of sulfonamides is 1. The van der Waals surface area contributed by atoms with Gasteiger partial charge in [0.25, 0.3) is 0 Å². The molecule has 5 rings (SSSR count). The number of primary sulfonamides is 1. The first-order chi connectivity index (χ1) is 15.6. The minimum atomic E-state index is -3.87. The van der Waals surface area contributed by atoms with Gasteiger partial charge >= 0.3 is 5.97 Å². The molecule has 0 spiro atoms. The average molecular weight is 472 g/mol. The summed E-state index contributed by atoms with van der Waals surface area (Å²) in [5.74, 6) is -0.0878. The summed E-state index contributed by atoms with van der Waals surface area (Å²) in [5.41, 5.74) is 2.23. The molecule has 0 aromatic heterocycles. The Kier molecular flexibility index (Phi) is 5.21. The van der Waals surface area contributed by atoms with Crippen molar-refractivity contribution in [2.45, 2.75) is 62.7 Å². The second-order valence-electron chi connectivity index (χ2n) is 10.1. The van der Waals surface area contributed by atoms with Crippen molar-refractivity contribution in [2.24, 2.45) is 22.4 Å². The standard InChI is InChI=1S/C25H29NO6S/c1-25-11-2-3-19(25)17-9-6-15-13-20(22(27)23(28)21(15)18(17)10-12-25)32-24(29)14-4-7-16(8-5-14)33(26,30)31/h4-5,7-8,13,17-19,27-28H,2-3,6,9-12H2,1H3,(H2,26,30,31)/t17?,18?,19?,25-/m0/s1.